The van der Waals surface area contributed by atoms with E-state index in [9.17, 15) is 0 Å². The minimum atomic E-state index is 0.210. The summed E-state index contributed by atoms with van der Waals surface area (Å²) in [7, 11) is 0. The molecule has 4 nitrogen and oxygen atoms in total. The van der Waals surface area contributed by atoms with Gasteiger partial charge in [-0.15, -0.1) is 0 Å². The van der Waals surface area contributed by atoms with Gasteiger partial charge in [-0.05, 0) is 19.0 Å². The van der Waals surface area contributed by atoms with Crippen molar-refractivity contribution in [3.63, 3.8) is 0 Å². The van der Waals surface area contributed by atoms with E-state index >= 15 is 0 Å². The molecule has 0 aliphatic rings. The number of hydrogen-bond donors (Lipinski definition) is 2. The minimum Gasteiger partial charge on any atom is -0.395 e. The van der Waals surface area contributed by atoms with Crippen molar-refractivity contribution in [2.24, 2.45) is 0 Å². The Kier molecular flexibility index (Phi) is 4.41. The molecule has 0 aliphatic heterocycles. The Morgan fingerprint density at radius 3 is 3.00 bits per heavy atom. The van der Waals surface area contributed by atoms with Crippen LogP contribution in [0.4, 0.5) is 0 Å². The summed E-state index contributed by atoms with van der Waals surface area (Å²) in [6, 6.07) is 1.92. The SMILES string of the molecule is OCCNCCCn1cccn1. The van der Waals surface area contributed by atoms with Gasteiger partial charge in [-0.25, -0.2) is 0 Å². The Morgan fingerprint density at radius 1 is 1.42 bits per heavy atom. The Bertz CT molecular complexity index is 186. The van der Waals surface area contributed by atoms with Crippen LogP contribution in [0.5, 0.6) is 0 Å². The molecule has 0 radical (unpaired) electrons. The number of hydrogen-bond acceptors (Lipinski definition) is 3. The van der Waals surface area contributed by atoms with Gasteiger partial charge in [0, 0.05) is 25.5 Å². The van der Waals surface area contributed by atoms with Crippen LogP contribution < -0.4 is 5.32 Å². The molecule has 1 aromatic heterocycles. The number of nitrogens with one attached hydrogen (secondary N) is 1. The van der Waals surface area contributed by atoms with E-state index in [2.05, 4.69) is 10.4 Å². The van der Waals surface area contributed by atoms with Crippen LogP contribution in [0.15, 0.2) is 18.5 Å². The van der Waals surface area contributed by atoms with Crippen LogP contribution in [0.3, 0.4) is 0 Å². The van der Waals surface area contributed by atoms with Crippen LogP contribution in [0.25, 0.3) is 0 Å². The molecule has 68 valence electrons. The Labute approximate surface area is 72.2 Å². The number of rotatable bonds is 6. The van der Waals surface area contributed by atoms with Crippen molar-refractivity contribution in [2.45, 2.75) is 13.0 Å². The van der Waals surface area contributed by atoms with Gasteiger partial charge in [0.1, 0.15) is 0 Å². The van der Waals surface area contributed by atoms with Crippen molar-refractivity contribution in [2.75, 3.05) is 19.7 Å². The van der Waals surface area contributed by atoms with Crippen LogP contribution in [-0.4, -0.2) is 34.6 Å². The van der Waals surface area contributed by atoms with Gasteiger partial charge in [-0.1, -0.05) is 0 Å². The van der Waals surface area contributed by atoms with Crippen LogP contribution in [0, 0.1) is 0 Å². The largest absolute Gasteiger partial charge is 0.395 e. The molecule has 0 spiro atoms. The van der Waals surface area contributed by atoms with Gasteiger partial charge in [0.25, 0.3) is 0 Å². The molecule has 0 aromatic carbocycles. The monoisotopic (exact) mass is 169 g/mol. The van der Waals surface area contributed by atoms with E-state index in [1.807, 2.05) is 16.9 Å². The molecule has 0 atom stereocenters. The number of aromatic nitrogens is 2. The van der Waals surface area contributed by atoms with E-state index in [0.29, 0.717) is 6.54 Å². The summed E-state index contributed by atoms with van der Waals surface area (Å²) in [4.78, 5) is 0. The second kappa shape index (κ2) is 5.74. The fourth-order valence-electron chi connectivity index (χ4n) is 1.00. The van der Waals surface area contributed by atoms with Gasteiger partial charge in [-0.2, -0.15) is 5.10 Å². The van der Waals surface area contributed by atoms with E-state index < -0.39 is 0 Å². The van der Waals surface area contributed by atoms with E-state index in [1.165, 1.54) is 0 Å². The van der Waals surface area contributed by atoms with Crippen LogP contribution in [0.1, 0.15) is 6.42 Å². The molecular formula is C8H15N3O. The van der Waals surface area contributed by atoms with Crippen molar-refractivity contribution >= 4 is 0 Å². The Morgan fingerprint density at radius 2 is 2.33 bits per heavy atom. The third-order valence-corrected chi connectivity index (χ3v) is 1.59. The average Bonchev–Trinajstić information content (AvgIpc) is 2.57. The first-order valence-electron chi connectivity index (χ1n) is 4.22. The molecule has 0 unspecified atom stereocenters. The molecule has 4 heteroatoms. The predicted octanol–water partition coefficient (Wildman–Crippen LogP) is -0.145. The lowest BCUT2D eigenvalue weighted by atomic mass is 10.4. The van der Waals surface area contributed by atoms with Crippen molar-refractivity contribution in [1.82, 2.24) is 15.1 Å². The average molecular weight is 169 g/mol. The van der Waals surface area contributed by atoms with Gasteiger partial charge in [-0.3, -0.25) is 4.68 Å². The molecule has 12 heavy (non-hydrogen) atoms. The zero-order chi connectivity index (χ0) is 8.65. The number of aryl methyl sites for hydroxylation is 1. The van der Waals surface area contributed by atoms with Crippen molar-refractivity contribution in [3.8, 4) is 0 Å². The van der Waals surface area contributed by atoms with Crippen molar-refractivity contribution in [1.29, 1.82) is 0 Å². The Hall–Kier alpha value is -0.870. The van der Waals surface area contributed by atoms with Crippen molar-refractivity contribution in [3.05, 3.63) is 18.5 Å². The fraction of sp³-hybridized carbons (Fsp3) is 0.625. The number of nitrogens with zero attached hydrogens (tertiary/aromatic N) is 2. The lowest BCUT2D eigenvalue weighted by molar-refractivity contribution is 0.291. The summed E-state index contributed by atoms with van der Waals surface area (Å²) in [5.41, 5.74) is 0. The molecule has 2 N–H and O–H groups in total. The van der Waals surface area contributed by atoms with E-state index in [-0.39, 0.29) is 6.61 Å². The highest BCUT2D eigenvalue weighted by molar-refractivity contribution is 4.77. The molecule has 0 bridgehead atoms. The third kappa shape index (κ3) is 3.50. The van der Waals surface area contributed by atoms with E-state index in [4.69, 9.17) is 5.11 Å². The second-order valence-electron chi connectivity index (χ2n) is 2.60. The van der Waals surface area contributed by atoms with Crippen LogP contribution >= 0.6 is 0 Å². The third-order valence-electron chi connectivity index (χ3n) is 1.59. The first-order valence-corrected chi connectivity index (χ1v) is 4.22. The molecular weight excluding hydrogens is 154 g/mol. The summed E-state index contributed by atoms with van der Waals surface area (Å²) in [5, 5.41) is 15.6. The van der Waals surface area contributed by atoms with Crippen LogP contribution in [0.2, 0.25) is 0 Å². The molecule has 1 heterocycles. The highest BCUT2D eigenvalue weighted by atomic mass is 16.3. The quantitative estimate of drug-likeness (QED) is 0.582. The highest BCUT2D eigenvalue weighted by Gasteiger charge is 1.89. The molecule has 1 rings (SSSR count). The molecule has 0 saturated heterocycles. The zero-order valence-electron chi connectivity index (χ0n) is 7.11. The molecule has 1 aromatic rings. The smallest absolute Gasteiger partial charge is 0.0555 e. The Balaban J connectivity index is 1.96. The maximum absolute atomic E-state index is 8.47. The highest BCUT2D eigenvalue weighted by Crippen LogP contribution is 1.87. The lowest BCUT2D eigenvalue weighted by Crippen LogP contribution is -2.20. The standard InChI is InChI=1S/C8H15N3O/c12-8-5-9-3-1-6-11-7-2-4-10-11/h2,4,7,9,12H,1,3,5-6,8H2. The van der Waals surface area contributed by atoms with E-state index in [1.54, 1.807) is 6.20 Å². The predicted molar refractivity (Wildman–Crippen MR) is 46.8 cm³/mol. The number of aliphatic hydroxyl groups is 1. The lowest BCUT2D eigenvalue weighted by Gasteiger charge is -2.02. The molecule has 0 saturated carbocycles. The summed E-state index contributed by atoms with van der Waals surface area (Å²) < 4.78 is 1.90. The second-order valence-corrected chi connectivity index (χ2v) is 2.60. The van der Waals surface area contributed by atoms with E-state index in [0.717, 1.165) is 19.5 Å². The van der Waals surface area contributed by atoms with Crippen LogP contribution in [-0.2, 0) is 6.54 Å². The topological polar surface area (TPSA) is 50.1 Å². The summed E-state index contributed by atoms with van der Waals surface area (Å²) in [6.07, 6.45) is 4.77. The minimum absolute atomic E-state index is 0.210. The van der Waals surface area contributed by atoms with Gasteiger partial charge in [0.2, 0.25) is 0 Å². The zero-order valence-corrected chi connectivity index (χ0v) is 7.11. The maximum Gasteiger partial charge on any atom is 0.0555 e. The first kappa shape index (κ1) is 9.22. The summed E-state index contributed by atoms with van der Waals surface area (Å²) in [5.74, 6) is 0. The molecule has 0 fully saturated rings. The van der Waals surface area contributed by atoms with Gasteiger partial charge in [0.05, 0.1) is 6.61 Å². The van der Waals surface area contributed by atoms with Gasteiger partial charge < -0.3 is 10.4 Å². The molecule has 0 aliphatic carbocycles. The van der Waals surface area contributed by atoms with Gasteiger partial charge >= 0.3 is 0 Å². The van der Waals surface area contributed by atoms with Gasteiger partial charge in [0.15, 0.2) is 0 Å². The maximum atomic E-state index is 8.47. The first-order chi connectivity index (χ1) is 5.93. The summed E-state index contributed by atoms with van der Waals surface area (Å²) in [6.45, 7) is 2.76. The fourth-order valence-corrected chi connectivity index (χ4v) is 1.00. The normalized spacial score (nSPS) is 10.4. The summed E-state index contributed by atoms with van der Waals surface area (Å²) >= 11 is 0. The molecule has 0 amide bonds. The van der Waals surface area contributed by atoms with Crippen molar-refractivity contribution < 1.29 is 5.11 Å². The number of aliphatic hydroxyl groups excluding tert-OH is 1.